The molecule has 0 aliphatic carbocycles. The molecule has 1 aromatic rings. The first kappa shape index (κ1) is 13.6. The van der Waals surface area contributed by atoms with E-state index in [9.17, 15) is 13.5 Å². The maximum atomic E-state index is 12.1. The summed E-state index contributed by atoms with van der Waals surface area (Å²) in [7, 11) is -1.26. The zero-order valence-corrected chi connectivity index (χ0v) is 12.2. The SMILES string of the molecule is CN1CCN(CC2=CS(=O)(=O)c3ccc(O)cc32)CC1. The van der Waals surface area contributed by atoms with Crippen LogP contribution in [0.5, 0.6) is 5.75 Å². The molecule has 0 atom stereocenters. The summed E-state index contributed by atoms with van der Waals surface area (Å²) in [6, 6.07) is 4.44. The zero-order valence-electron chi connectivity index (χ0n) is 11.4. The van der Waals surface area contributed by atoms with Crippen molar-refractivity contribution in [1.29, 1.82) is 0 Å². The third-order valence-corrected chi connectivity index (χ3v) is 5.47. The third-order valence-electron chi connectivity index (χ3n) is 3.90. The highest BCUT2D eigenvalue weighted by atomic mass is 32.2. The molecule has 2 heterocycles. The molecule has 1 N–H and O–H groups in total. The fourth-order valence-corrected chi connectivity index (χ4v) is 4.16. The minimum absolute atomic E-state index is 0.102. The average Bonchev–Trinajstić information content (AvgIpc) is 2.63. The quantitative estimate of drug-likeness (QED) is 0.873. The zero-order chi connectivity index (χ0) is 14.3. The van der Waals surface area contributed by atoms with E-state index in [0.29, 0.717) is 17.0 Å². The number of sulfone groups is 1. The number of hydrogen-bond acceptors (Lipinski definition) is 5. The van der Waals surface area contributed by atoms with Gasteiger partial charge in [-0.15, -0.1) is 0 Å². The predicted octanol–water partition coefficient (Wildman–Crippen LogP) is 0.768. The van der Waals surface area contributed by atoms with Crippen molar-refractivity contribution in [2.24, 2.45) is 0 Å². The van der Waals surface area contributed by atoms with Crippen LogP contribution in [0.25, 0.3) is 5.57 Å². The molecule has 0 unspecified atom stereocenters. The molecule has 2 aliphatic rings. The first-order valence-corrected chi connectivity index (χ1v) is 8.20. The minimum Gasteiger partial charge on any atom is -0.508 e. The van der Waals surface area contributed by atoms with E-state index in [0.717, 1.165) is 31.8 Å². The van der Waals surface area contributed by atoms with Crippen molar-refractivity contribution in [2.45, 2.75) is 4.90 Å². The largest absolute Gasteiger partial charge is 0.508 e. The fraction of sp³-hybridized carbons (Fsp3) is 0.429. The normalized spacial score (nSPS) is 22.6. The lowest BCUT2D eigenvalue weighted by Crippen LogP contribution is -2.44. The molecule has 1 saturated heterocycles. The number of likely N-dealkylation sites (N-methyl/N-ethyl adjacent to an activating group) is 1. The highest BCUT2D eigenvalue weighted by molar-refractivity contribution is 7.95. The van der Waals surface area contributed by atoms with Crippen LogP contribution in [0.4, 0.5) is 0 Å². The van der Waals surface area contributed by atoms with Crippen LogP contribution in [0.2, 0.25) is 0 Å². The average molecular weight is 294 g/mol. The van der Waals surface area contributed by atoms with Gasteiger partial charge in [0.15, 0.2) is 0 Å². The van der Waals surface area contributed by atoms with Crippen LogP contribution >= 0.6 is 0 Å². The standard InChI is InChI=1S/C14H18N2O3S/c1-15-4-6-16(7-5-15)9-11-10-20(18,19)14-3-2-12(17)8-13(11)14/h2-3,8,10,17H,4-7,9H2,1H3. The summed E-state index contributed by atoms with van der Waals surface area (Å²) < 4.78 is 24.2. The summed E-state index contributed by atoms with van der Waals surface area (Å²) in [6.07, 6.45) is 0. The van der Waals surface area contributed by atoms with Crippen LogP contribution < -0.4 is 0 Å². The molecule has 0 bridgehead atoms. The van der Waals surface area contributed by atoms with Crippen molar-refractivity contribution in [3.8, 4) is 5.75 Å². The van der Waals surface area contributed by atoms with E-state index in [2.05, 4.69) is 16.8 Å². The van der Waals surface area contributed by atoms with Gasteiger partial charge in [-0.3, -0.25) is 4.90 Å². The number of fused-ring (bicyclic) bond motifs is 1. The van der Waals surface area contributed by atoms with E-state index in [-0.39, 0.29) is 5.75 Å². The number of rotatable bonds is 2. The van der Waals surface area contributed by atoms with Crippen molar-refractivity contribution in [3.63, 3.8) is 0 Å². The summed E-state index contributed by atoms with van der Waals surface area (Å²) in [5, 5.41) is 10.9. The van der Waals surface area contributed by atoms with Gasteiger partial charge in [-0.1, -0.05) is 0 Å². The molecule has 0 amide bonds. The van der Waals surface area contributed by atoms with Crippen LogP contribution in [0.1, 0.15) is 5.56 Å². The van der Waals surface area contributed by atoms with Crippen molar-refractivity contribution in [3.05, 3.63) is 29.2 Å². The summed E-state index contributed by atoms with van der Waals surface area (Å²) in [5.41, 5.74) is 1.42. The van der Waals surface area contributed by atoms with E-state index in [4.69, 9.17) is 0 Å². The molecule has 20 heavy (non-hydrogen) atoms. The fourth-order valence-electron chi connectivity index (χ4n) is 2.70. The van der Waals surface area contributed by atoms with Gasteiger partial charge >= 0.3 is 0 Å². The molecule has 2 aliphatic heterocycles. The number of aromatic hydroxyl groups is 1. The van der Waals surface area contributed by atoms with Crippen LogP contribution in [0, 0.1) is 0 Å². The first-order valence-electron chi connectivity index (χ1n) is 6.66. The Morgan fingerprint density at radius 2 is 1.90 bits per heavy atom. The van der Waals surface area contributed by atoms with E-state index in [1.54, 1.807) is 6.07 Å². The second kappa shape index (κ2) is 4.87. The van der Waals surface area contributed by atoms with Crippen molar-refractivity contribution in [1.82, 2.24) is 9.80 Å². The lowest BCUT2D eigenvalue weighted by atomic mass is 10.1. The Hall–Kier alpha value is -1.37. The maximum Gasteiger partial charge on any atom is 0.200 e. The van der Waals surface area contributed by atoms with Gasteiger partial charge in [0.2, 0.25) is 9.84 Å². The summed E-state index contributed by atoms with van der Waals surface area (Å²) >= 11 is 0. The molecular formula is C14H18N2O3S. The molecule has 0 aromatic heterocycles. The number of benzene rings is 1. The molecule has 6 heteroatoms. The lowest BCUT2D eigenvalue weighted by Gasteiger charge is -2.32. The number of hydrogen-bond donors (Lipinski definition) is 1. The number of piperazine rings is 1. The Morgan fingerprint density at radius 1 is 1.20 bits per heavy atom. The summed E-state index contributed by atoms with van der Waals surface area (Å²) in [4.78, 5) is 4.82. The number of nitrogens with zero attached hydrogens (tertiary/aromatic N) is 2. The molecule has 0 saturated carbocycles. The van der Waals surface area contributed by atoms with Gasteiger partial charge in [-0.05, 0) is 30.8 Å². The van der Waals surface area contributed by atoms with Gasteiger partial charge in [0.1, 0.15) is 5.75 Å². The molecule has 1 fully saturated rings. The summed E-state index contributed by atoms with van der Waals surface area (Å²) in [6.45, 7) is 4.47. The van der Waals surface area contributed by atoms with Crippen molar-refractivity contribution < 1.29 is 13.5 Å². The van der Waals surface area contributed by atoms with E-state index >= 15 is 0 Å². The molecule has 5 nitrogen and oxygen atoms in total. The molecule has 108 valence electrons. The minimum atomic E-state index is -3.34. The molecular weight excluding hydrogens is 276 g/mol. The predicted molar refractivity (Wildman–Crippen MR) is 77.2 cm³/mol. The molecule has 1 aromatic carbocycles. The molecule has 0 spiro atoms. The highest BCUT2D eigenvalue weighted by Crippen LogP contribution is 2.35. The van der Waals surface area contributed by atoms with Crippen LogP contribution in [0.15, 0.2) is 28.5 Å². The maximum absolute atomic E-state index is 12.1. The van der Waals surface area contributed by atoms with Crippen LogP contribution in [-0.2, 0) is 9.84 Å². The Labute approximate surface area is 119 Å². The van der Waals surface area contributed by atoms with Crippen LogP contribution in [0.3, 0.4) is 0 Å². The second-order valence-corrected chi connectivity index (χ2v) is 7.21. The molecule has 0 radical (unpaired) electrons. The Kier molecular flexibility index (Phi) is 3.32. The monoisotopic (exact) mass is 294 g/mol. The second-order valence-electron chi connectivity index (χ2n) is 5.45. The van der Waals surface area contributed by atoms with E-state index in [1.807, 2.05) is 0 Å². The van der Waals surface area contributed by atoms with Gasteiger partial charge < -0.3 is 10.0 Å². The molecule has 3 rings (SSSR count). The third kappa shape index (κ3) is 2.46. The van der Waals surface area contributed by atoms with Gasteiger partial charge in [0.05, 0.1) is 4.90 Å². The van der Waals surface area contributed by atoms with Crippen molar-refractivity contribution in [2.75, 3.05) is 39.8 Å². The van der Waals surface area contributed by atoms with Gasteiger partial charge in [0.25, 0.3) is 0 Å². The first-order chi connectivity index (χ1) is 9.45. The van der Waals surface area contributed by atoms with Gasteiger partial charge in [-0.25, -0.2) is 8.42 Å². The van der Waals surface area contributed by atoms with Gasteiger partial charge in [-0.2, -0.15) is 0 Å². The Bertz CT molecular complexity index is 659. The Balaban J connectivity index is 1.87. The topological polar surface area (TPSA) is 60.9 Å². The van der Waals surface area contributed by atoms with Gasteiger partial charge in [0, 0.05) is 43.7 Å². The van der Waals surface area contributed by atoms with Crippen molar-refractivity contribution >= 4 is 15.4 Å². The van der Waals surface area contributed by atoms with E-state index in [1.165, 1.54) is 17.5 Å². The van der Waals surface area contributed by atoms with E-state index < -0.39 is 9.84 Å². The lowest BCUT2D eigenvalue weighted by molar-refractivity contribution is 0.168. The number of phenols is 1. The smallest absolute Gasteiger partial charge is 0.200 e. The highest BCUT2D eigenvalue weighted by Gasteiger charge is 2.28. The number of phenolic OH excluding ortho intramolecular Hbond substituents is 1. The summed E-state index contributed by atoms with van der Waals surface area (Å²) in [5.74, 6) is 0.102. The van der Waals surface area contributed by atoms with Crippen LogP contribution in [-0.4, -0.2) is 63.1 Å². The Morgan fingerprint density at radius 3 is 2.60 bits per heavy atom.